The van der Waals surface area contributed by atoms with Crippen LogP contribution in [0.2, 0.25) is 0 Å². The summed E-state index contributed by atoms with van der Waals surface area (Å²) in [5.74, 6) is 0. The number of nitrogens with one attached hydrogen (secondary N) is 1. The maximum atomic E-state index is 4.88. The molecule has 2 nitrogen and oxygen atoms in total. The molecule has 2 heterocycles. The molecule has 0 aromatic heterocycles. The van der Waals surface area contributed by atoms with Gasteiger partial charge in [0.1, 0.15) is 0 Å². The van der Waals surface area contributed by atoms with Gasteiger partial charge in [-0.1, -0.05) is 45.9 Å². The SMILES string of the molecule is CC1(C)C(/C=C/C2=CC(=C/C=C3/Nc4ccc(S)cc4C3(C)C)/CCC2)=Nc2cc[c-]cc21.[Os+]. The van der Waals surface area contributed by atoms with E-state index in [1.807, 2.05) is 12.1 Å². The molecule has 0 saturated heterocycles. The minimum absolute atomic E-state index is 0. The first-order valence-corrected chi connectivity index (χ1v) is 12.2. The van der Waals surface area contributed by atoms with Crippen molar-refractivity contribution in [3.63, 3.8) is 0 Å². The van der Waals surface area contributed by atoms with E-state index in [1.54, 1.807) is 0 Å². The van der Waals surface area contributed by atoms with Crippen LogP contribution >= 0.6 is 12.6 Å². The number of aliphatic imine (C=N–C) groups is 1. The van der Waals surface area contributed by atoms with Crippen LogP contribution in [-0.4, -0.2) is 5.71 Å². The third-order valence-corrected chi connectivity index (χ3v) is 7.51. The van der Waals surface area contributed by atoms with Crippen molar-refractivity contribution in [2.24, 2.45) is 4.99 Å². The van der Waals surface area contributed by atoms with Crippen molar-refractivity contribution in [3.05, 3.63) is 101 Å². The summed E-state index contributed by atoms with van der Waals surface area (Å²) in [4.78, 5) is 5.89. The molecule has 2 aromatic carbocycles. The average molecular weight is 642 g/mol. The summed E-state index contributed by atoms with van der Waals surface area (Å²) in [5.41, 5.74) is 9.79. The van der Waals surface area contributed by atoms with E-state index in [4.69, 9.17) is 4.99 Å². The van der Waals surface area contributed by atoms with Gasteiger partial charge >= 0.3 is 19.8 Å². The Morgan fingerprint density at radius 3 is 2.62 bits per heavy atom. The second kappa shape index (κ2) is 9.48. The van der Waals surface area contributed by atoms with Crippen molar-refractivity contribution < 1.29 is 19.8 Å². The molecule has 4 heteroatoms. The van der Waals surface area contributed by atoms with Gasteiger partial charge in [0.05, 0.1) is 0 Å². The molecule has 34 heavy (non-hydrogen) atoms. The Hall–Kier alpha value is -2.14. The van der Waals surface area contributed by atoms with Crippen molar-refractivity contribution >= 4 is 29.7 Å². The van der Waals surface area contributed by atoms with Gasteiger partial charge in [0, 0.05) is 27.4 Å². The molecule has 0 fully saturated rings. The number of thiol groups is 1. The molecule has 1 radical (unpaired) electrons. The number of nitrogens with zero attached hydrogens (tertiary/aromatic N) is 1. The predicted molar refractivity (Wildman–Crippen MR) is 143 cm³/mol. The van der Waals surface area contributed by atoms with Gasteiger partial charge in [-0.2, -0.15) is 18.2 Å². The standard InChI is InChI=1S/C30H31N2S.Os/c1-29(2)23-10-5-6-11-25(23)31-27(29)16-12-20-8-7-9-21(18-20)13-17-28-30(3,4)24-19-22(33)14-15-26(24)32-28;/h6,10-19,32-33H,7-9H2,1-4H3;/q-1;+1/b16-12+,21-13+,28-17+;. The van der Waals surface area contributed by atoms with Crippen LogP contribution in [0.25, 0.3) is 0 Å². The van der Waals surface area contributed by atoms with Crippen molar-refractivity contribution in [3.8, 4) is 0 Å². The van der Waals surface area contributed by atoms with Crippen LogP contribution in [0.5, 0.6) is 0 Å². The van der Waals surface area contributed by atoms with Crippen molar-refractivity contribution in [2.75, 3.05) is 5.32 Å². The number of benzene rings is 2. The zero-order chi connectivity index (χ0) is 23.2. The molecule has 1 aliphatic carbocycles. The van der Waals surface area contributed by atoms with E-state index >= 15 is 0 Å². The van der Waals surface area contributed by atoms with Gasteiger partial charge in [-0.3, -0.25) is 4.99 Å². The first-order valence-electron chi connectivity index (χ1n) is 11.8. The van der Waals surface area contributed by atoms with Gasteiger partial charge in [0.2, 0.25) is 0 Å². The van der Waals surface area contributed by atoms with E-state index in [0.717, 1.165) is 29.1 Å². The molecule has 0 amide bonds. The van der Waals surface area contributed by atoms with Crippen LogP contribution in [0.15, 0.2) is 93.5 Å². The summed E-state index contributed by atoms with van der Waals surface area (Å²) in [6.07, 6.45) is 14.8. The number of rotatable bonds is 3. The van der Waals surface area contributed by atoms with Crippen LogP contribution in [0.1, 0.15) is 58.1 Å². The molecule has 0 atom stereocenters. The van der Waals surface area contributed by atoms with Crippen LogP contribution < -0.4 is 5.32 Å². The Balaban J connectivity index is 0.00000274. The van der Waals surface area contributed by atoms with Gasteiger partial charge in [-0.25, -0.2) is 0 Å². The molecule has 0 spiro atoms. The zero-order valence-corrected chi connectivity index (χ0v) is 23.7. The summed E-state index contributed by atoms with van der Waals surface area (Å²) >= 11 is 4.53. The summed E-state index contributed by atoms with van der Waals surface area (Å²) in [6.45, 7) is 9.03. The van der Waals surface area contributed by atoms with Crippen molar-refractivity contribution in [2.45, 2.75) is 62.7 Å². The predicted octanol–water partition coefficient (Wildman–Crippen LogP) is 8.02. The Morgan fingerprint density at radius 1 is 1.00 bits per heavy atom. The molecule has 175 valence electrons. The van der Waals surface area contributed by atoms with Crippen LogP contribution in [0.3, 0.4) is 0 Å². The number of hydrogen-bond acceptors (Lipinski definition) is 3. The Morgan fingerprint density at radius 2 is 1.82 bits per heavy atom. The maximum Gasteiger partial charge on any atom is 1.00 e. The summed E-state index contributed by atoms with van der Waals surface area (Å²) in [5, 5.41) is 3.61. The molecular weight excluding hydrogens is 611 g/mol. The van der Waals surface area contributed by atoms with E-state index in [2.05, 4.69) is 106 Å². The zero-order valence-electron chi connectivity index (χ0n) is 20.2. The quantitative estimate of drug-likeness (QED) is 0.258. The third-order valence-electron chi connectivity index (χ3n) is 7.24. The van der Waals surface area contributed by atoms with Crippen LogP contribution in [0, 0.1) is 6.07 Å². The van der Waals surface area contributed by atoms with E-state index < -0.39 is 0 Å². The second-order valence-corrected chi connectivity index (χ2v) is 10.8. The van der Waals surface area contributed by atoms with Crippen LogP contribution in [-0.2, 0) is 30.6 Å². The monoisotopic (exact) mass is 643 g/mol. The number of fused-ring (bicyclic) bond motifs is 2. The van der Waals surface area contributed by atoms with Gasteiger partial charge in [-0.05, 0) is 77.4 Å². The second-order valence-electron chi connectivity index (χ2n) is 10.3. The molecule has 2 aromatic rings. The first kappa shape index (κ1) is 25.0. The molecular formula is C30H31N2OsS. The number of anilines is 1. The smallest absolute Gasteiger partial charge is 0.358 e. The maximum absolute atomic E-state index is 4.88. The summed E-state index contributed by atoms with van der Waals surface area (Å²) in [6, 6.07) is 15.6. The summed E-state index contributed by atoms with van der Waals surface area (Å²) in [7, 11) is 0. The Kier molecular flexibility index (Phi) is 6.96. The minimum atomic E-state index is -0.0798. The van der Waals surface area contributed by atoms with Gasteiger partial charge < -0.3 is 5.32 Å². The van der Waals surface area contributed by atoms with Crippen molar-refractivity contribution in [1.29, 1.82) is 0 Å². The van der Waals surface area contributed by atoms with Gasteiger partial charge in [0.25, 0.3) is 0 Å². The van der Waals surface area contributed by atoms with E-state index in [9.17, 15) is 0 Å². The number of allylic oxidation sites excluding steroid dienone is 8. The van der Waals surface area contributed by atoms with E-state index in [-0.39, 0.29) is 30.6 Å². The molecule has 1 N–H and O–H groups in total. The normalized spacial score (nSPS) is 22.1. The molecule has 5 rings (SSSR count). The molecule has 0 saturated carbocycles. The Bertz CT molecular complexity index is 1270. The van der Waals surface area contributed by atoms with E-state index in [1.165, 1.54) is 40.1 Å². The fraction of sp³-hybridized carbons (Fsp3) is 0.300. The molecule has 0 bridgehead atoms. The molecule has 2 aliphatic heterocycles. The van der Waals surface area contributed by atoms with Crippen LogP contribution in [0.4, 0.5) is 11.4 Å². The molecule has 3 aliphatic rings. The Labute approximate surface area is 222 Å². The number of hydrogen-bond donors (Lipinski definition) is 2. The fourth-order valence-electron chi connectivity index (χ4n) is 5.05. The topological polar surface area (TPSA) is 24.4 Å². The summed E-state index contributed by atoms with van der Waals surface area (Å²) < 4.78 is 0. The first-order chi connectivity index (χ1) is 15.7. The molecule has 0 unspecified atom stereocenters. The van der Waals surface area contributed by atoms with Gasteiger partial charge in [0.15, 0.2) is 0 Å². The average Bonchev–Trinajstić information content (AvgIpc) is 3.20. The van der Waals surface area contributed by atoms with Crippen molar-refractivity contribution in [1.82, 2.24) is 0 Å². The largest absolute Gasteiger partial charge is 1.00 e. The van der Waals surface area contributed by atoms with E-state index in [0.29, 0.717) is 0 Å². The minimum Gasteiger partial charge on any atom is -0.358 e. The third kappa shape index (κ3) is 4.56. The van der Waals surface area contributed by atoms with Gasteiger partial charge in [-0.15, -0.1) is 24.3 Å². The fourth-order valence-corrected chi connectivity index (χ4v) is 5.25.